The molecule has 1 aromatic carbocycles. The molecule has 0 spiro atoms. The van der Waals surface area contributed by atoms with Crippen molar-refractivity contribution in [3.63, 3.8) is 0 Å². The maximum absolute atomic E-state index is 12.7. The van der Waals surface area contributed by atoms with Gasteiger partial charge in [0.1, 0.15) is 12.4 Å². The van der Waals surface area contributed by atoms with Crippen molar-refractivity contribution in [2.24, 2.45) is 11.3 Å². The van der Waals surface area contributed by atoms with E-state index in [1.165, 1.54) is 18.4 Å². The van der Waals surface area contributed by atoms with E-state index in [9.17, 15) is 18.0 Å². The summed E-state index contributed by atoms with van der Waals surface area (Å²) in [5.41, 5.74) is 0.924. The normalized spacial score (nSPS) is 15.8. The van der Waals surface area contributed by atoms with Crippen LogP contribution in [0.2, 0.25) is 0 Å². The molecule has 0 unspecified atom stereocenters. The average molecular weight is 493 g/mol. The molecule has 34 heavy (non-hydrogen) atoms. The van der Waals surface area contributed by atoms with E-state index in [1.54, 1.807) is 18.2 Å². The Morgan fingerprint density at radius 2 is 1.82 bits per heavy atom. The number of hydrogen-bond donors (Lipinski definition) is 0. The zero-order valence-electron chi connectivity index (χ0n) is 21.0. The van der Waals surface area contributed by atoms with Crippen LogP contribution in [0, 0.1) is 11.3 Å². The summed E-state index contributed by atoms with van der Waals surface area (Å²) in [7, 11) is -0.594. The Hall–Kier alpha value is -2.46. The maximum Gasteiger partial charge on any atom is 0.309 e. The number of carbonyl (C=O) groups excluding carboxylic acids is 2. The van der Waals surface area contributed by atoms with E-state index in [0.717, 1.165) is 11.9 Å². The van der Waals surface area contributed by atoms with Crippen LogP contribution in [0.4, 0.5) is 0 Å². The highest BCUT2D eigenvalue weighted by atomic mass is 32.2. The van der Waals surface area contributed by atoms with Crippen LogP contribution in [-0.4, -0.2) is 66.2 Å². The third-order valence-corrected chi connectivity index (χ3v) is 7.94. The van der Waals surface area contributed by atoms with Gasteiger partial charge in [0.15, 0.2) is 0 Å². The number of amides is 1. The third-order valence-electron chi connectivity index (χ3n) is 6.13. The molecule has 9 nitrogen and oxygen atoms in total. The number of fused-ring (bicyclic) bond motifs is 1. The Labute approximate surface area is 202 Å². The van der Waals surface area contributed by atoms with Crippen LogP contribution >= 0.6 is 0 Å². The van der Waals surface area contributed by atoms with Gasteiger partial charge in [-0.1, -0.05) is 27.7 Å². The zero-order valence-corrected chi connectivity index (χ0v) is 21.8. The molecule has 1 amide bonds. The Morgan fingerprint density at radius 3 is 2.38 bits per heavy atom. The standard InChI is InChI=1S/C24H36N4O5S/c1-7-12-28-20-9-8-18(34(31,32)26(5)6)15-19(20)25-21(28)16-33-22(29)17-10-13-27(14-11-17)23(30)24(2,3)4/h8-9,15,17H,7,10-14,16H2,1-6H3. The van der Waals surface area contributed by atoms with Gasteiger partial charge in [-0.2, -0.15) is 0 Å². The molecule has 1 aliphatic rings. The molecule has 0 bridgehead atoms. The fourth-order valence-electron chi connectivity index (χ4n) is 4.16. The van der Waals surface area contributed by atoms with Crippen LogP contribution in [-0.2, 0) is 37.5 Å². The van der Waals surface area contributed by atoms with Gasteiger partial charge < -0.3 is 14.2 Å². The Balaban J connectivity index is 1.71. The molecule has 0 saturated carbocycles. The van der Waals surface area contributed by atoms with Gasteiger partial charge in [-0.3, -0.25) is 9.59 Å². The second kappa shape index (κ2) is 10.0. The van der Waals surface area contributed by atoms with Crippen LogP contribution in [0.25, 0.3) is 11.0 Å². The number of likely N-dealkylation sites (tertiary alicyclic amines) is 1. The lowest BCUT2D eigenvalue weighted by atomic mass is 9.91. The van der Waals surface area contributed by atoms with Crippen molar-refractivity contribution >= 4 is 32.9 Å². The quantitative estimate of drug-likeness (QED) is 0.551. The molecule has 1 fully saturated rings. The zero-order chi connectivity index (χ0) is 25.3. The topological polar surface area (TPSA) is 102 Å². The summed E-state index contributed by atoms with van der Waals surface area (Å²) in [6, 6.07) is 4.89. The predicted molar refractivity (Wildman–Crippen MR) is 129 cm³/mol. The van der Waals surface area contributed by atoms with Gasteiger partial charge in [-0.15, -0.1) is 0 Å². The van der Waals surface area contributed by atoms with Gasteiger partial charge in [0.05, 0.1) is 21.8 Å². The minimum atomic E-state index is -3.57. The van der Waals surface area contributed by atoms with Crippen molar-refractivity contribution in [3.05, 3.63) is 24.0 Å². The molecule has 2 heterocycles. The SMILES string of the molecule is CCCn1c(COC(=O)C2CCN(C(=O)C(C)(C)C)CC2)nc2cc(S(=O)(=O)N(C)C)ccc21. The molecule has 1 saturated heterocycles. The lowest BCUT2D eigenvalue weighted by Gasteiger charge is -2.34. The lowest BCUT2D eigenvalue weighted by Crippen LogP contribution is -2.45. The number of nitrogens with zero attached hydrogens (tertiary/aromatic N) is 4. The van der Waals surface area contributed by atoms with Gasteiger partial charge in [0, 0.05) is 39.1 Å². The lowest BCUT2D eigenvalue weighted by molar-refractivity contribution is -0.154. The number of rotatable bonds is 7. The number of sulfonamides is 1. The number of benzene rings is 1. The number of hydrogen-bond acceptors (Lipinski definition) is 6. The molecule has 1 aromatic heterocycles. The van der Waals surface area contributed by atoms with Crippen LogP contribution in [0.5, 0.6) is 0 Å². The number of esters is 1. The molecule has 2 aromatic rings. The van der Waals surface area contributed by atoms with Gasteiger partial charge in [0.25, 0.3) is 0 Å². The summed E-state index contributed by atoms with van der Waals surface area (Å²) in [5.74, 6) is 0.159. The monoisotopic (exact) mass is 492 g/mol. The third kappa shape index (κ3) is 5.43. The van der Waals surface area contributed by atoms with E-state index in [1.807, 2.05) is 37.2 Å². The van der Waals surface area contributed by atoms with E-state index in [2.05, 4.69) is 4.98 Å². The summed E-state index contributed by atoms with van der Waals surface area (Å²) in [6.07, 6.45) is 2.01. The molecule has 0 aliphatic carbocycles. The molecule has 1 aliphatic heterocycles. The number of imidazole rings is 1. The average Bonchev–Trinajstić information content (AvgIpc) is 3.13. The van der Waals surface area contributed by atoms with E-state index >= 15 is 0 Å². The second-order valence-corrected chi connectivity index (χ2v) is 12.2. The van der Waals surface area contributed by atoms with E-state index in [4.69, 9.17) is 4.74 Å². The predicted octanol–water partition coefficient (Wildman–Crippen LogP) is 3.02. The summed E-state index contributed by atoms with van der Waals surface area (Å²) in [5, 5.41) is 0. The Morgan fingerprint density at radius 1 is 1.18 bits per heavy atom. The minimum absolute atomic E-state index is 0.0183. The molecule has 10 heteroatoms. The number of carbonyl (C=O) groups is 2. The van der Waals surface area contributed by atoms with Gasteiger partial charge in [0.2, 0.25) is 15.9 Å². The Bertz CT molecular complexity index is 1160. The highest BCUT2D eigenvalue weighted by Crippen LogP contribution is 2.26. The largest absolute Gasteiger partial charge is 0.457 e. The molecule has 188 valence electrons. The first kappa shape index (κ1) is 26.2. The Kier molecular flexibility index (Phi) is 7.72. The van der Waals surface area contributed by atoms with Crippen LogP contribution in [0.15, 0.2) is 23.1 Å². The van der Waals surface area contributed by atoms with E-state index in [-0.39, 0.29) is 29.3 Å². The van der Waals surface area contributed by atoms with Crippen LogP contribution < -0.4 is 0 Å². The summed E-state index contributed by atoms with van der Waals surface area (Å²) in [4.78, 5) is 31.8. The first-order valence-electron chi connectivity index (χ1n) is 11.7. The highest BCUT2D eigenvalue weighted by molar-refractivity contribution is 7.89. The molecular formula is C24H36N4O5S. The fraction of sp³-hybridized carbons (Fsp3) is 0.625. The van der Waals surface area contributed by atoms with Crippen molar-refractivity contribution in [2.45, 2.75) is 65.0 Å². The summed E-state index contributed by atoms with van der Waals surface area (Å²) < 4.78 is 33.8. The number of aryl methyl sites for hydroxylation is 1. The molecular weight excluding hydrogens is 456 g/mol. The smallest absolute Gasteiger partial charge is 0.309 e. The molecule has 3 rings (SSSR count). The van der Waals surface area contributed by atoms with Crippen molar-refractivity contribution < 1.29 is 22.7 Å². The van der Waals surface area contributed by atoms with Gasteiger partial charge >= 0.3 is 5.97 Å². The van der Waals surface area contributed by atoms with Crippen LogP contribution in [0.1, 0.15) is 52.8 Å². The second-order valence-electron chi connectivity index (χ2n) is 10.0. The maximum atomic E-state index is 12.7. The highest BCUT2D eigenvalue weighted by Gasteiger charge is 2.33. The van der Waals surface area contributed by atoms with E-state index in [0.29, 0.717) is 43.8 Å². The van der Waals surface area contributed by atoms with Crippen molar-refractivity contribution in [3.8, 4) is 0 Å². The number of piperidine rings is 1. The first-order valence-corrected chi connectivity index (χ1v) is 13.2. The summed E-state index contributed by atoms with van der Waals surface area (Å²) >= 11 is 0. The number of ether oxygens (including phenoxy) is 1. The van der Waals surface area contributed by atoms with Crippen molar-refractivity contribution in [1.29, 1.82) is 0 Å². The first-order chi connectivity index (χ1) is 15.9. The van der Waals surface area contributed by atoms with Crippen molar-refractivity contribution in [2.75, 3.05) is 27.2 Å². The number of aromatic nitrogens is 2. The van der Waals surface area contributed by atoms with Gasteiger partial charge in [-0.25, -0.2) is 17.7 Å². The molecule has 0 atom stereocenters. The van der Waals surface area contributed by atoms with Gasteiger partial charge in [-0.05, 0) is 37.5 Å². The van der Waals surface area contributed by atoms with E-state index < -0.39 is 15.4 Å². The molecule has 0 radical (unpaired) electrons. The summed E-state index contributed by atoms with van der Waals surface area (Å²) in [6.45, 7) is 9.53. The van der Waals surface area contributed by atoms with Crippen LogP contribution in [0.3, 0.4) is 0 Å². The van der Waals surface area contributed by atoms with Crippen molar-refractivity contribution in [1.82, 2.24) is 18.8 Å². The fourth-order valence-corrected chi connectivity index (χ4v) is 5.08. The molecule has 0 N–H and O–H groups in total. The minimum Gasteiger partial charge on any atom is -0.457 e.